The Morgan fingerprint density at radius 1 is 1.39 bits per heavy atom. The molecule has 0 saturated heterocycles. The van der Waals surface area contributed by atoms with E-state index >= 15 is 0 Å². The lowest BCUT2D eigenvalue weighted by Gasteiger charge is -2.15. The Balaban J connectivity index is 2.22. The average Bonchev–Trinajstić information content (AvgIpc) is 2.74. The zero-order valence-electron chi connectivity index (χ0n) is 10.9. The Hall–Kier alpha value is -1.39. The average molecular weight is 262 g/mol. The van der Waals surface area contributed by atoms with Crippen molar-refractivity contribution in [3.63, 3.8) is 0 Å². The maximum atomic E-state index is 6.27. The lowest BCUT2D eigenvalue weighted by Crippen LogP contribution is -2.15. The predicted octanol–water partition coefficient (Wildman–Crippen LogP) is 3.01. The molecule has 0 radical (unpaired) electrons. The molecule has 3 nitrogen and oxygen atoms in total. The Labute approximate surface area is 112 Å². The summed E-state index contributed by atoms with van der Waals surface area (Å²) in [5.41, 5.74) is 9.55. The van der Waals surface area contributed by atoms with Gasteiger partial charge in [0.05, 0.1) is 17.8 Å². The van der Waals surface area contributed by atoms with Gasteiger partial charge in [-0.15, -0.1) is 11.3 Å². The number of hydrogen-bond acceptors (Lipinski definition) is 4. The number of thiazole rings is 1. The van der Waals surface area contributed by atoms with Crippen molar-refractivity contribution in [3.8, 4) is 5.75 Å². The van der Waals surface area contributed by atoms with Crippen LogP contribution in [0, 0.1) is 13.8 Å². The molecule has 1 heterocycles. The van der Waals surface area contributed by atoms with Crippen LogP contribution in [0.25, 0.3) is 0 Å². The minimum Gasteiger partial charge on any atom is -0.496 e. The minimum atomic E-state index is -0.0821. The largest absolute Gasteiger partial charge is 0.496 e. The molecule has 1 aromatic heterocycles. The fourth-order valence-electron chi connectivity index (χ4n) is 1.98. The van der Waals surface area contributed by atoms with Crippen molar-refractivity contribution < 1.29 is 4.74 Å². The van der Waals surface area contributed by atoms with Gasteiger partial charge in [0, 0.05) is 23.4 Å². The van der Waals surface area contributed by atoms with E-state index in [-0.39, 0.29) is 6.04 Å². The summed E-state index contributed by atoms with van der Waals surface area (Å²) >= 11 is 1.66. The highest BCUT2D eigenvalue weighted by Gasteiger charge is 2.14. The van der Waals surface area contributed by atoms with Gasteiger partial charge in [-0.1, -0.05) is 17.7 Å². The van der Waals surface area contributed by atoms with E-state index in [1.807, 2.05) is 19.1 Å². The molecule has 0 aliphatic carbocycles. The molecule has 0 spiro atoms. The summed E-state index contributed by atoms with van der Waals surface area (Å²) < 4.78 is 5.37. The molecule has 18 heavy (non-hydrogen) atoms. The molecule has 2 aromatic rings. The molecule has 0 bridgehead atoms. The van der Waals surface area contributed by atoms with Crippen LogP contribution in [0.2, 0.25) is 0 Å². The van der Waals surface area contributed by atoms with Crippen LogP contribution < -0.4 is 10.5 Å². The van der Waals surface area contributed by atoms with Gasteiger partial charge in [0.25, 0.3) is 0 Å². The standard InChI is InChI=1S/C14H18N2OS/c1-9-4-5-14(17-3)12(6-9)13(15)7-11-8-18-10(2)16-11/h4-6,8,13H,7,15H2,1-3H3. The van der Waals surface area contributed by atoms with Crippen LogP contribution in [0.15, 0.2) is 23.6 Å². The number of ether oxygens (including phenoxy) is 1. The van der Waals surface area contributed by atoms with Crippen LogP contribution in [-0.2, 0) is 6.42 Å². The normalized spacial score (nSPS) is 12.4. The van der Waals surface area contributed by atoms with Crippen molar-refractivity contribution in [1.29, 1.82) is 0 Å². The smallest absolute Gasteiger partial charge is 0.123 e. The summed E-state index contributed by atoms with van der Waals surface area (Å²) in [5, 5.41) is 3.14. The molecule has 1 atom stereocenters. The SMILES string of the molecule is COc1ccc(C)cc1C(N)Cc1csc(C)n1. The number of aryl methyl sites for hydroxylation is 2. The quantitative estimate of drug-likeness (QED) is 0.921. The van der Waals surface area contributed by atoms with Gasteiger partial charge in [0.15, 0.2) is 0 Å². The molecule has 1 aromatic carbocycles. The van der Waals surface area contributed by atoms with Crippen LogP contribution in [-0.4, -0.2) is 12.1 Å². The molecular formula is C14H18N2OS. The summed E-state index contributed by atoms with van der Waals surface area (Å²) in [5.74, 6) is 0.847. The van der Waals surface area contributed by atoms with Crippen molar-refractivity contribution in [2.24, 2.45) is 5.73 Å². The summed E-state index contributed by atoms with van der Waals surface area (Å²) in [4.78, 5) is 4.45. The maximum Gasteiger partial charge on any atom is 0.123 e. The predicted molar refractivity (Wildman–Crippen MR) is 75.2 cm³/mol. The number of hydrogen-bond donors (Lipinski definition) is 1. The molecule has 1 unspecified atom stereocenters. The molecule has 0 aliphatic heterocycles. The molecular weight excluding hydrogens is 244 g/mol. The molecule has 0 saturated carbocycles. The zero-order chi connectivity index (χ0) is 13.1. The monoisotopic (exact) mass is 262 g/mol. The van der Waals surface area contributed by atoms with E-state index in [9.17, 15) is 0 Å². The van der Waals surface area contributed by atoms with E-state index in [0.29, 0.717) is 0 Å². The second-order valence-electron chi connectivity index (χ2n) is 4.41. The van der Waals surface area contributed by atoms with E-state index in [4.69, 9.17) is 10.5 Å². The first-order chi connectivity index (χ1) is 8.60. The van der Waals surface area contributed by atoms with Gasteiger partial charge in [0.2, 0.25) is 0 Å². The van der Waals surface area contributed by atoms with Crippen LogP contribution >= 0.6 is 11.3 Å². The third-order valence-electron chi connectivity index (χ3n) is 2.88. The van der Waals surface area contributed by atoms with Crippen molar-refractivity contribution in [1.82, 2.24) is 4.98 Å². The molecule has 2 N–H and O–H groups in total. The number of benzene rings is 1. The topological polar surface area (TPSA) is 48.1 Å². The maximum absolute atomic E-state index is 6.27. The molecule has 0 fully saturated rings. The fraction of sp³-hybridized carbons (Fsp3) is 0.357. The second kappa shape index (κ2) is 5.50. The fourth-order valence-corrected chi connectivity index (χ4v) is 2.61. The van der Waals surface area contributed by atoms with Crippen molar-refractivity contribution in [3.05, 3.63) is 45.4 Å². The first-order valence-electron chi connectivity index (χ1n) is 5.91. The van der Waals surface area contributed by atoms with Crippen molar-refractivity contribution >= 4 is 11.3 Å². The summed E-state index contributed by atoms with van der Waals surface area (Å²) in [6, 6.07) is 6.00. The summed E-state index contributed by atoms with van der Waals surface area (Å²) in [7, 11) is 1.67. The van der Waals surface area contributed by atoms with Crippen molar-refractivity contribution in [2.45, 2.75) is 26.3 Å². The summed E-state index contributed by atoms with van der Waals surface area (Å²) in [6.07, 6.45) is 0.740. The number of rotatable bonds is 4. The first kappa shape index (κ1) is 13.1. The van der Waals surface area contributed by atoms with E-state index in [1.165, 1.54) is 5.56 Å². The number of nitrogens with two attached hydrogens (primary N) is 1. The summed E-state index contributed by atoms with van der Waals surface area (Å²) in [6.45, 7) is 4.07. The van der Waals surface area contributed by atoms with Gasteiger partial charge in [0.1, 0.15) is 5.75 Å². The first-order valence-corrected chi connectivity index (χ1v) is 6.79. The third-order valence-corrected chi connectivity index (χ3v) is 3.70. The van der Waals surface area contributed by atoms with Gasteiger partial charge >= 0.3 is 0 Å². The van der Waals surface area contributed by atoms with E-state index in [1.54, 1.807) is 18.4 Å². The highest BCUT2D eigenvalue weighted by Crippen LogP contribution is 2.27. The minimum absolute atomic E-state index is 0.0821. The van der Waals surface area contributed by atoms with E-state index < -0.39 is 0 Å². The molecule has 0 amide bonds. The van der Waals surface area contributed by atoms with Crippen LogP contribution in [0.1, 0.15) is 27.9 Å². The van der Waals surface area contributed by atoms with Crippen LogP contribution in [0.5, 0.6) is 5.75 Å². The highest BCUT2D eigenvalue weighted by molar-refractivity contribution is 7.09. The Kier molecular flexibility index (Phi) is 3.99. The second-order valence-corrected chi connectivity index (χ2v) is 5.48. The molecule has 4 heteroatoms. The lowest BCUT2D eigenvalue weighted by atomic mass is 10.0. The van der Waals surface area contributed by atoms with Gasteiger partial charge in [-0.25, -0.2) is 4.98 Å². The number of methoxy groups -OCH3 is 1. The van der Waals surface area contributed by atoms with Crippen molar-refractivity contribution in [2.75, 3.05) is 7.11 Å². The zero-order valence-corrected chi connectivity index (χ0v) is 11.8. The molecule has 0 aliphatic rings. The van der Waals surface area contributed by atoms with Crippen LogP contribution in [0.4, 0.5) is 0 Å². The van der Waals surface area contributed by atoms with Gasteiger partial charge < -0.3 is 10.5 Å². The lowest BCUT2D eigenvalue weighted by molar-refractivity contribution is 0.405. The van der Waals surface area contributed by atoms with Gasteiger partial charge in [-0.05, 0) is 19.9 Å². The highest BCUT2D eigenvalue weighted by atomic mass is 32.1. The van der Waals surface area contributed by atoms with Crippen LogP contribution in [0.3, 0.4) is 0 Å². The Morgan fingerprint density at radius 3 is 2.78 bits per heavy atom. The van der Waals surface area contributed by atoms with E-state index in [2.05, 4.69) is 23.4 Å². The number of aromatic nitrogens is 1. The Bertz CT molecular complexity index is 536. The van der Waals surface area contributed by atoms with E-state index in [0.717, 1.165) is 28.4 Å². The van der Waals surface area contributed by atoms with Gasteiger partial charge in [-0.2, -0.15) is 0 Å². The Morgan fingerprint density at radius 2 is 2.17 bits per heavy atom. The molecule has 96 valence electrons. The molecule has 2 rings (SSSR count). The number of nitrogens with zero attached hydrogens (tertiary/aromatic N) is 1. The third kappa shape index (κ3) is 2.89. The van der Waals surface area contributed by atoms with Gasteiger partial charge in [-0.3, -0.25) is 0 Å².